The van der Waals surface area contributed by atoms with Crippen molar-refractivity contribution in [2.45, 2.75) is 75.9 Å². The molecule has 2 aromatic rings. The van der Waals surface area contributed by atoms with Crippen LogP contribution in [0.2, 0.25) is 0 Å². The quantitative estimate of drug-likeness (QED) is 0.864. The van der Waals surface area contributed by atoms with E-state index < -0.39 is 0 Å². The maximum absolute atomic E-state index is 4.62. The summed E-state index contributed by atoms with van der Waals surface area (Å²) in [4.78, 5) is 11.1. The molecule has 0 amide bonds. The fraction of sp³-hybridized carbons (Fsp3) is 0.667. The number of aromatic nitrogens is 4. The van der Waals surface area contributed by atoms with Crippen LogP contribution in [0.5, 0.6) is 0 Å². The van der Waals surface area contributed by atoms with Gasteiger partial charge in [-0.3, -0.25) is 0 Å². The summed E-state index contributed by atoms with van der Waals surface area (Å²) in [5.74, 6) is 1.03. The highest BCUT2D eigenvalue weighted by molar-refractivity contribution is 5.97. The maximum atomic E-state index is 4.62. The molecule has 2 aliphatic carbocycles. The monoisotopic (exact) mass is 324 g/mol. The van der Waals surface area contributed by atoms with Gasteiger partial charge >= 0.3 is 0 Å². The van der Waals surface area contributed by atoms with Crippen LogP contribution in [-0.4, -0.2) is 31.9 Å². The molecule has 0 radical (unpaired) electrons. The molecule has 24 heavy (non-hydrogen) atoms. The normalized spacial score (nSPS) is 23.4. The van der Waals surface area contributed by atoms with Crippen LogP contribution in [0.4, 0.5) is 11.5 Å². The summed E-state index contributed by atoms with van der Waals surface area (Å²) in [6.45, 7) is 0. The van der Waals surface area contributed by atoms with E-state index in [9.17, 15) is 0 Å². The molecule has 3 heterocycles. The van der Waals surface area contributed by atoms with E-state index in [0.717, 1.165) is 16.9 Å². The van der Waals surface area contributed by atoms with Gasteiger partial charge in [-0.1, -0.05) is 25.7 Å². The molecular formula is C18H24N6. The van der Waals surface area contributed by atoms with Crippen molar-refractivity contribution in [3.8, 4) is 0 Å². The van der Waals surface area contributed by atoms with Gasteiger partial charge < -0.3 is 10.2 Å². The molecule has 0 bridgehead atoms. The fourth-order valence-electron chi connectivity index (χ4n) is 5.00. The van der Waals surface area contributed by atoms with E-state index >= 15 is 0 Å². The van der Waals surface area contributed by atoms with Crippen LogP contribution in [0.1, 0.15) is 64.2 Å². The smallest absolute Gasteiger partial charge is 0.187 e. The van der Waals surface area contributed by atoms with Gasteiger partial charge in [0, 0.05) is 12.2 Å². The molecule has 1 N–H and O–H groups in total. The molecule has 2 fully saturated rings. The molecule has 126 valence electrons. The summed E-state index contributed by atoms with van der Waals surface area (Å²) in [6.07, 6.45) is 16.3. The van der Waals surface area contributed by atoms with Crippen molar-refractivity contribution >= 4 is 22.5 Å². The standard InChI is InChI=1S/C18H24N6/c1-3-7-13(8-4-1)24-17-15(21-18(24)9-5-2-6-10-18)14-11-19-12-20-16(14)22-23-17/h11-13,21H,1-10H2. The van der Waals surface area contributed by atoms with Crippen molar-refractivity contribution in [2.75, 3.05) is 10.2 Å². The molecule has 0 aromatic carbocycles. The van der Waals surface area contributed by atoms with E-state index in [1.54, 1.807) is 6.33 Å². The maximum Gasteiger partial charge on any atom is 0.187 e. The summed E-state index contributed by atoms with van der Waals surface area (Å²) in [7, 11) is 0. The summed E-state index contributed by atoms with van der Waals surface area (Å²) in [5.41, 5.74) is 1.82. The van der Waals surface area contributed by atoms with E-state index in [-0.39, 0.29) is 5.66 Å². The van der Waals surface area contributed by atoms with Gasteiger partial charge in [0.25, 0.3) is 0 Å². The van der Waals surface area contributed by atoms with Crippen LogP contribution in [0.3, 0.4) is 0 Å². The average molecular weight is 324 g/mol. The van der Waals surface area contributed by atoms with Crippen LogP contribution in [0, 0.1) is 0 Å². The second kappa shape index (κ2) is 5.53. The first-order valence-electron chi connectivity index (χ1n) is 9.41. The molecule has 2 aromatic heterocycles. The Morgan fingerprint density at radius 1 is 1.00 bits per heavy atom. The van der Waals surface area contributed by atoms with Crippen LogP contribution < -0.4 is 10.2 Å². The van der Waals surface area contributed by atoms with Crippen LogP contribution in [0.15, 0.2) is 12.5 Å². The third-order valence-corrected chi connectivity index (χ3v) is 6.09. The molecule has 2 saturated carbocycles. The average Bonchev–Trinajstić information content (AvgIpc) is 2.96. The summed E-state index contributed by atoms with van der Waals surface area (Å²) in [5, 5.41) is 13.9. The van der Waals surface area contributed by atoms with E-state index in [1.165, 1.54) is 64.2 Å². The predicted octanol–water partition coefficient (Wildman–Crippen LogP) is 3.64. The van der Waals surface area contributed by atoms with E-state index in [0.29, 0.717) is 11.7 Å². The molecule has 0 saturated heterocycles. The minimum Gasteiger partial charge on any atom is -0.359 e. The lowest BCUT2D eigenvalue weighted by Crippen LogP contribution is -2.56. The lowest BCUT2D eigenvalue weighted by atomic mass is 9.85. The first-order chi connectivity index (χ1) is 11.9. The van der Waals surface area contributed by atoms with Crippen molar-refractivity contribution in [3.63, 3.8) is 0 Å². The fourth-order valence-corrected chi connectivity index (χ4v) is 5.00. The van der Waals surface area contributed by atoms with Gasteiger partial charge in [-0.15, -0.1) is 10.2 Å². The topological polar surface area (TPSA) is 66.8 Å². The second-order valence-electron chi connectivity index (χ2n) is 7.54. The van der Waals surface area contributed by atoms with Crippen LogP contribution in [-0.2, 0) is 0 Å². The van der Waals surface area contributed by atoms with Gasteiger partial charge in [0.15, 0.2) is 11.5 Å². The molecule has 0 unspecified atom stereocenters. The summed E-state index contributed by atoms with van der Waals surface area (Å²) >= 11 is 0. The van der Waals surface area contributed by atoms with E-state index in [1.807, 2.05) is 6.20 Å². The molecular weight excluding hydrogens is 300 g/mol. The van der Waals surface area contributed by atoms with Crippen LogP contribution in [0.25, 0.3) is 11.0 Å². The first kappa shape index (κ1) is 14.4. The largest absolute Gasteiger partial charge is 0.359 e. The Bertz CT molecular complexity index is 748. The Labute approximate surface area is 142 Å². The molecule has 1 aliphatic heterocycles. The number of fused-ring (bicyclic) bond motifs is 3. The third-order valence-electron chi connectivity index (χ3n) is 6.09. The number of nitrogens with zero attached hydrogens (tertiary/aromatic N) is 5. The number of hydrogen-bond acceptors (Lipinski definition) is 6. The number of nitrogens with one attached hydrogen (secondary N) is 1. The number of rotatable bonds is 1. The Morgan fingerprint density at radius 2 is 1.79 bits per heavy atom. The molecule has 6 nitrogen and oxygen atoms in total. The molecule has 5 rings (SSSR count). The highest BCUT2D eigenvalue weighted by Crippen LogP contribution is 2.49. The lowest BCUT2D eigenvalue weighted by Gasteiger charge is -2.47. The highest BCUT2D eigenvalue weighted by Gasteiger charge is 2.48. The minimum absolute atomic E-state index is 0.0292. The van der Waals surface area contributed by atoms with Crippen LogP contribution >= 0.6 is 0 Å². The first-order valence-corrected chi connectivity index (χ1v) is 9.41. The molecule has 1 spiro atoms. The zero-order chi connectivity index (χ0) is 16.0. The van der Waals surface area contributed by atoms with Crippen molar-refractivity contribution in [1.82, 2.24) is 20.2 Å². The Balaban J connectivity index is 1.65. The Morgan fingerprint density at radius 3 is 2.62 bits per heavy atom. The number of anilines is 2. The number of hydrogen-bond donors (Lipinski definition) is 1. The van der Waals surface area contributed by atoms with E-state index in [4.69, 9.17) is 0 Å². The van der Waals surface area contributed by atoms with Crippen molar-refractivity contribution in [1.29, 1.82) is 0 Å². The summed E-state index contributed by atoms with van der Waals surface area (Å²) < 4.78 is 0. The van der Waals surface area contributed by atoms with E-state index in [2.05, 4.69) is 30.4 Å². The lowest BCUT2D eigenvalue weighted by molar-refractivity contribution is 0.271. The second-order valence-corrected chi connectivity index (χ2v) is 7.54. The third kappa shape index (κ3) is 2.08. The Hall–Kier alpha value is -1.98. The minimum atomic E-state index is 0.0292. The van der Waals surface area contributed by atoms with Gasteiger partial charge in [-0.05, 0) is 38.5 Å². The van der Waals surface area contributed by atoms with Crippen molar-refractivity contribution < 1.29 is 0 Å². The zero-order valence-electron chi connectivity index (χ0n) is 14.0. The Kier molecular flexibility index (Phi) is 3.31. The highest BCUT2D eigenvalue weighted by atomic mass is 15.4. The van der Waals surface area contributed by atoms with Gasteiger partial charge in [-0.25, -0.2) is 9.97 Å². The van der Waals surface area contributed by atoms with Gasteiger partial charge in [-0.2, -0.15) is 0 Å². The molecule has 0 atom stereocenters. The predicted molar refractivity (Wildman–Crippen MR) is 93.9 cm³/mol. The van der Waals surface area contributed by atoms with Gasteiger partial charge in [0.2, 0.25) is 0 Å². The van der Waals surface area contributed by atoms with Crippen molar-refractivity contribution in [3.05, 3.63) is 12.5 Å². The summed E-state index contributed by atoms with van der Waals surface area (Å²) in [6, 6.07) is 0.585. The zero-order valence-corrected chi connectivity index (χ0v) is 14.0. The molecule has 3 aliphatic rings. The van der Waals surface area contributed by atoms with Crippen molar-refractivity contribution in [2.24, 2.45) is 0 Å². The SMILES string of the molecule is c1ncc2c3c(nnc2n1)N(C1CCCCC1)C1(CCCCC1)N3. The molecule has 6 heteroatoms. The van der Waals surface area contributed by atoms with Gasteiger partial charge in [0.05, 0.1) is 11.1 Å². The van der Waals surface area contributed by atoms with Gasteiger partial charge in [0.1, 0.15) is 12.0 Å².